The molecule has 9 nitrogen and oxygen atoms in total. The second-order valence-corrected chi connectivity index (χ2v) is 9.14. The van der Waals surface area contributed by atoms with Gasteiger partial charge in [-0.1, -0.05) is 11.8 Å². The molecule has 1 fully saturated rings. The van der Waals surface area contributed by atoms with Crippen molar-refractivity contribution in [3.63, 3.8) is 0 Å². The Labute approximate surface area is 187 Å². The molecule has 2 N–H and O–H groups in total. The molecular weight excluding hydrogens is 420 g/mol. The SMILES string of the molecule is CCOC(=O)CC(=O)c1cnc(SC)nc1NC1CCC(NC(=O)OC(C)(C)C)CC1. The Bertz CT molecular complexity index is 788. The zero-order valence-corrected chi connectivity index (χ0v) is 19.6. The molecule has 0 aliphatic heterocycles. The average molecular weight is 453 g/mol. The van der Waals surface area contributed by atoms with Crippen LogP contribution in [0.1, 0.15) is 70.2 Å². The van der Waals surface area contributed by atoms with Crippen LogP contribution in [0.2, 0.25) is 0 Å². The number of hydrogen-bond acceptors (Lipinski definition) is 9. The summed E-state index contributed by atoms with van der Waals surface area (Å²) >= 11 is 1.37. The fourth-order valence-corrected chi connectivity index (χ4v) is 3.61. The summed E-state index contributed by atoms with van der Waals surface area (Å²) in [5, 5.41) is 6.80. The quantitative estimate of drug-likeness (QED) is 0.200. The van der Waals surface area contributed by atoms with Gasteiger partial charge in [0.05, 0.1) is 12.2 Å². The van der Waals surface area contributed by atoms with Crippen molar-refractivity contribution in [2.45, 2.75) is 82.6 Å². The van der Waals surface area contributed by atoms with Crippen LogP contribution in [0.3, 0.4) is 0 Å². The van der Waals surface area contributed by atoms with Gasteiger partial charge in [-0.2, -0.15) is 0 Å². The van der Waals surface area contributed by atoms with Crippen LogP contribution >= 0.6 is 11.8 Å². The van der Waals surface area contributed by atoms with Gasteiger partial charge in [-0.05, 0) is 59.6 Å². The first-order valence-corrected chi connectivity index (χ1v) is 11.7. The van der Waals surface area contributed by atoms with Gasteiger partial charge in [-0.15, -0.1) is 0 Å². The number of nitrogens with zero attached hydrogens (tertiary/aromatic N) is 2. The lowest BCUT2D eigenvalue weighted by atomic mass is 9.91. The summed E-state index contributed by atoms with van der Waals surface area (Å²) in [4.78, 5) is 44.9. The molecule has 1 saturated carbocycles. The van der Waals surface area contributed by atoms with Gasteiger partial charge in [-0.25, -0.2) is 14.8 Å². The number of carbonyl (C=O) groups is 3. The predicted octanol–water partition coefficient (Wildman–Crippen LogP) is 3.58. The number of anilines is 1. The van der Waals surface area contributed by atoms with E-state index in [0.717, 1.165) is 25.7 Å². The van der Waals surface area contributed by atoms with Crippen LogP contribution in [0.4, 0.5) is 10.6 Å². The molecule has 1 amide bonds. The van der Waals surface area contributed by atoms with E-state index in [2.05, 4.69) is 20.6 Å². The maximum atomic E-state index is 12.6. The fraction of sp³-hybridized carbons (Fsp3) is 0.667. The highest BCUT2D eigenvalue weighted by atomic mass is 32.2. The van der Waals surface area contributed by atoms with Crippen molar-refractivity contribution < 1.29 is 23.9 Å². The van der Waals surface area contributed by atoms with Crippen molar-refractivity contribution in [3.8, 4) is 0 Å². The first-order valence-electron chi connectivity index (χ1n) is 10.5. The number of Topliss-reactive ketones (excluding diaryl/α,β-unsaturated/α-hetero) is 1. The molecule has 0 spiro atoms. The molecular formula is C21H32N4O5S. The van der Waals surface area contributed by atoms with Crippen LogP contribution < -0.4 is 10.6 Å². The van der Waals surface area contributed by atoms with E-state index in [9.17, 15) is 14.4 Å². The number of thioether (sulfide) groups is 1. The van der Waals surface area contributed by atoms with Crippen molar-refractivity contribution in [1.82, 2.24) is 15.3 Å². The summed E-state index contributed by atoms with van der Waals surface area (Å²) in [5.41, 5.74) is -0.253. The van der Waals surface area contributed by atoms with E-state index in [0.29, 0.717) is 11.0 Å². The Morgan fingerprint density at radius 1 is 1.16 bits per heavy atom. The normalized spacial score (nSPS) is 18.7. The number of nitrogens with one attached hydrogen (secondary N) is 2. The Balaban J connectivity index is 1.98. The van der Waals surface area contributed by atoms with Crippen LogP contribution in [0.15, 0.2) is 11.4 Å². The van der Waals surface area contributed by atoms with Crippen LogP contribution in [0.5, 0.6) is 0 Å². The second-order valence-electron chi connectivity index (χ2n) is 8.36. The van der Waals surface area contributed by atoms with Gasteiger partial charge in [0, 0.05) is 18.3 Å². The molecule has 1 aliphatic carbocycles. The predicted molar refractivity (Wildman–Crippen MR) is 118 cm³/mol. The number of amides is 1. The molecule has 0 atom stereocenters. The maximum Gasteiger partial charge on any atom is 0.407 e. The summed E-state index contributed by atoms with van der Waals surface area (Å²) < 4.78 is 10.2. The highest BCUT2D eigenvalue weighted by molar-refractivity contribution is 7.98. The number of rotatable bonds is 8. The van der Waals surface area contributed by atoms with E-state index in [-0.39, 0.29) is 36.5 Å². The number of hydrogen-bond donors (Lipinski definition) is 2. The van der Waals surface area contributed by atoms with Gasteiger partial charge in [0.15, 0.2) is 10.9 Å². The van der Waals surface area contributed by atoms with E-state index < -0.39 is 17.7 Å². The monoisotopic (exact) mass is 452 g/mol. The minimum absolute atomic E-state index is 0.0463. The van der Waals surface area contributed by atoms with Crippen LogP contribution in [0, 0.1) is 0 Å². The molecule has 0 saturated heterocycles. The molecule has 31 heavy (non-hydrogen) atoms. The topological polar surface area (TPSA) is 120 Å². The van der Waals surface area contributed by atoms with Crippen LogP contribution in [-0.2, 0) is 14.3 Å². The van der Waals surface area contributed by atoms with Crippen molar-refractivity contribution in [2.75, 3.05) is 18.2 Å². The lowest BCUT2D eigenvalue weighted by molar-refractivity contribution is -0.141. The highest BCUT2D eigenvalue weighted by Gasteiger charge is 2.26. The average Bonchev–Trinajstić information content (AvgIpc) is 2.68. The van der Waals surface area contributed by atoms with Crippen LogP contribution in [0.25, 0.3) is 0 Å². The molecule has 1 heterocycles. The lowest BCUT2D eigenvalue weighted by Gasteiger charge is -2.31. The molecule has 1 aromatic rings. The summed E-state index contributed by atoms with van der Waals surface area (Å²) in [6, 6.07) is 0.139. The zero-order valence-electron chi connectivity index (χ0n) is 18.8. The molecule has 0 aromatic carbocycles. The third kappa shape index (κ3) is 8.35. The smallest absolute Gasteiger partial charge is 0.407 e. The number of ether oxygens (including phenoxy) is 2. The Hall–Kier alpha value is -2.36. The number of ketones is 1. The van der Waals surface area contributed by atoms with Crippen molar-refractivity contribution in [1.29, 1.82) is 0 Å². The largest absolute Gasteiger partial charge is 0.466 e. The summed E-state index contributed by atoms with van der Waals surface area (Å²) in [6.07, 6.45) is 5.71. The zero-order chi connectivity index (χ0) is 23.0. The first-order chi connectivity index (χ1) is 14.6. The Morgan fingerprint density at radius 3 is 2.39 bits per heavy atom. The van der Waals surface area contributed by atoms with Gasteiger partial charge in [-0.3, -0.25) is 9.59 Å². The standard InChI is InChI=1S/C21H32N4O5S/c1-6-29-17(27)11-16(26)15-12-22-19(31-5)25-18(15)23-13-7-9-14(10-8-13)24-20(28)30-21(2,3)4/h12-14H,6-11H2,1-5H3,(H,24,28)(H,22,23,25). The molecule has 0 bridgehead atoms. The van der Waals surface area contributed by atoms with E-state index in [1.807, 2.05) is 27.0 Å². The summed E-state index contributed by atoms with van der Waals surface area (Å²) in [6.45, 7) is 7.41. The van der Waals surface area contributed by atoms with Crippen molar-refractivity contribution in [3.05, 3.63) is 11.8 Å². The van der Waals surface area contributed by atoms with Gasteiger partial charge in [0.1, 0.15) is 17.8 Å². The van der Waals surface area contributed by atoms with Crippen LogP contribution in [-0.4, -0.2) is 58.4 Å². The molecule has 2 rings (SSSR count). The third-order valence-electron chi connectivity index (χ3n) is 4.65. The number of carbonyl (C=O) groups excluding carboxylic acids is 3. The molecule has 1 aromatic heterocycles. The lowest BCUT2D eigenvalue weighted by Crippen LogP contribution is -2.42. The van der Waals surface area contributed by atoms with E-state index in [4.69, 9.17) is 9.47 Å². The maximum absolute atomic E-state index is 12.6. The van der Waals surface area contributed by atoms with Gasteiger partial charge in [0.25, 0.3) is 0 Å². The van der Waals surface area contributed by atoms with Crippen molar-refractivity contribution in [2.24, 2.45) is 0 Å². The molecule has 0 unspecified atom stereocenters. The van der Waals surface area contributed by atoms with Gasteiger partial charge < -0.3 is 20.1 Å². The highest BCUT2D eigenvalue weighted by Crippen LogP contribution is 2.25. The Morgan fingerprint density at radius 2 is 1.81 bits per heavy atom. The number of esters is 1. The third-order valence-corrected chi connectivity index (χ3v) is 5.21. The van der Waals surface area contributed by atoms with Gasteiger partial charge in [0.2, 0.25) is 0 Å². The molecule has 172 valence electrons. The minimum atomic E-state index is -0.568. The minimum Gasteiger partial charge on any atom is -0.466 e. The molecule has 0 radical (unpaired) electrons. The van der Waals surface area contributed by atoms with Crippen molar-refractivity contribution >= 4 is 35.4 Å². The fourth-order valence-electron chi connectivity index (χ4n) is 3.27. The Kier molecular flexibility index (Phi) is 9.09. The second kappa shape index (κ2) is 11.3. The summed E-state index contributed by atoms with van der Waals surface area (Å²) in [7, 11) is 0. The molecule has 10 heteroatoms. The van der Waals surface area contributed by atoms with E-state index >= 15 is 0 Å². The molecule has 1 aliphatic rings. The number of aromatic nitrogens is 2. The van der Waals surface area contributed by atoms with E-state index in [1.54, 1.807) is 6.92 Å². The summed E-state index contributed by atoms with van der Waals surface area (Å²) in [5.74, 6) is -0.521. The van der Waals surface area contributed by atoms with E-state index in [1.165, 1.54) is 18.0 Å². The van der Waals surface area contributed by atoms with Gasteiger partial charge >= 0.3 is 12.1 Å². The first kappa shape index (κ1) is 24.9. The number of alkyl carbamates (subject to hydrolysis) is 1.